The molecule has 0 aromatic carbocycles. The van der Waals surface area contributed by atoms with Gasteiger partial charge in [0.15, 0.2) is 0 Å². The van der Waals surface area contributed by atoms with E-state index in [9.17, 15) is 0 Å². The summed E-state index contributed by atoms with van der Waals surface area (Å²) in [5, 5.41) is 0. The minimum atomic E-state index is 0.601. The summed E-state index contributed by atoms with van der Waals surface area (Å²) in [5.74, 6) is 6.91. The number of nitrogens with one attached hydrogen (secondary N) is 1. The van der Waals surface area contributed by atoms with E-state index >= 15 is 0 Å². The van der Waals surface area contributed by atoms with Gasteiger partial charge in [0.25, 0.3) is 0 Å². The van der Waals surface area contributed by atoms with Crippen molar-refractivity contribution in [2.24, 2.45) is 5.84 Å². The molecule has 1 aromatic heterocycles. The highest BCUT2D eigenvalue weighted by Gasteiger charge is 2.24. The molecule has 1 aliphatic heterocycles. The fourth-order valence-corrected chi connectivity index (χ4v) is 1.97. The summed E-state index contributed by atoms with van der Waals surface area (Å²) >= 11 is 0. The van der Waals surface area contributed by atoms with Crippen molar-refractivity contribution in [3.63, 3.8) is 0 Å². The summed E-state index contributed by atoms with van der Waals surface area (Å²) in [6.07, 6.45) is 2.70. The van der Waals surface area contributed by atoms with Crippen LogP contribution in [0.25, 0.3) is 0 Å². The Morgan fingerprint density at radius 3 is 2.94 bits per heavy atom. The van der Waals surface area contributed by atoms with Crippen molar-refractivity contribution in [1.82, 2.24) is 14.9 Å². The van der Waals surface area contributed by atoms with Crippen LogP contribution in [0.15, 0.2) is 12.4 Å². The van der Waals surface area contributed by atoms with Gasteiger partial charge in [0.2, 0.25) is 0 Å². The number of likely N-dealkylation sites (N-methyl/N-ethyl adjacent to an activating group) is 1. The molecule has 16 heavy (non-hydrogen) atoms. The summed E-state index contributed by atoms with van der Waals surface area (Å²) in [5.41, 5.74) is 2.54. The third-order valence-electron chi connectivity index (χ3n) is 3.02. The Balaban J connectivity index is 2.08. The molecule has 0 aliphatic carbocycles. The van der Waals surface area contributed by atoms with Crippen LogP contribution >= 0.6 is 0 Å². The van der Waals surface area contributed by atoms with Gasteiger partial charge in [0.05, 0.1) is 0 Å². The highest BCUT2D eigenvalue weighted by Crippen LogP contribution is 2.21. The van der Waals surface area contributed by atoms with Gasteiger partial charge >= 0.3 is 0 Å². The van der Waals surface area contributed by atoms with Gasteiger partial charge in [-0.1, -0.05) is 0 Å². The first kappa shape index (κ1) is 11.1. The minimum Gasteiger partial charge on any atom is -0.355 e. The number of hydrogen-bond acceptors (Lipinski definition) is 6. The summed E-state index contributed by atoms with van der Waals surface area (Å²) in [7, 11) is 4.22. The van der Waals surface area contributed by atoms with Crippen molar-refractivity contribution in [1.29, 1.82) is 0 Å². The van der Waals surface area contributed by atoms with Crippen molar-refractivity contribution in [2.45, 2.75) is 12.5 Å². The summed E-state index contributed by atoms with van der Waals surface area (Å²) in [6.45, 7) is 2.04. The molecule has 0 radical (unpaired) electrons. The van der Waals surface area contributed by atoms with Gasteiger partial charge < -0.3 is 15.2 Å². The standard InChI is InChI=1S/C10H18N6/c1-15(2)8-3-4-16(6-8)10-5-9(14-11)12-7-13-10/h5,7-8H,3-4,6,11H2,1-2H3,(H,12,13,14). The lowest BCUT2D eigenvalue weighted by molar-refractivity contribution is 0.315. The molecule has 0 saturated carbocycles. The lowest BCUT2D eigenvalue weighted by atomic mass is 10.2. The summed E-state index contributed by atoms with van der Waals surface area (Å²) in [6, 6.07) is 2.47. The van der Waals surface area contributed by atoms with Gasteiger partial charge in [-0.25, -0.2) is 15.8 Å². The van der Waals surface area contributed by atoms with Crippen molar-refractivity contribution in [3.05, 3.63) is 12.4 Å². The number of hydrazine groups is 1. The molecule has 6 heteroatoms. The number of nitrogen functional groups attached to an aromatic ring is 1. The first-order valence-electron chi connectivity index (χ1n) is 5.40. The number of hydrogen-bond donors (Lipinski definition) is 2. The topological polar surface area (TPSA) is 70.3 Å². The van der Waals surface area contributed by atoms with E-state index in [-0.39, 0.29) is 0 Å². The maximum absolute atomic E-state index is 5.33. The molecule has 0 bridgehead atoms. The largest absolute Gasteiger partial charge is 0.355 e. The minimum absolute atomic E-state index is 0.601. The van der Waals surface area contributed by atoms with Crippen LogP contribution in [0.3, 0.4) is 0 Å². The summed E-state index contributed by atoms with van der Waals surface area (Å²) in [4.78, 5) is 12.8. The van der Waals surface area contributed by atoms with Crippen molar-refractivity contribution < 1.29 is 0 Å². The molecular formula is C10H18N6. The molecule has 1 aromatic rings. The molecule has 6 nitrogen and oxygen atoms in total. The number of aromatic nitrogens is 2. The fourth-order valence-electron chi connectivity index (χ4n) is 1.97. The molecule has 0 spiro atoms. The van der Waals surface area contributed by atoms with Crippen molar-refractivity contribution in [3.8, 4) is 0 Å². The SMILES string of the molecule is CN(C)C1CCN(c2cc(NN)ncn2)C1. The van der Waals surface area contributed by atoms with Crippen molar-refractivity contribution >= 4 is 11.6 Å². The van der Waals surface area contributed by atoms with Gasteiger partial charge in [0.1, 0.15) is 18.0 Å². The van der Waals surface area contributed by atoms with Gasteiger partial charge in [-0.05, 0) is 20.5 Å². The Bertz CT molecular complexity index is 353. The molecule has 2 heterocycles. The molecule has 1 saturated heterocycles. The fraction of sp³-hybridized carbons (Fsp3) is 0.600. The average molecular weight is 222 g/mol. The van der Waals surface area contributed by atoms with Gasteiger partial charge in [-0.2, -0.15) is 0 Å². The Hall–Kier alpha value is -1.40. The zero-order valence-electron chi connectivity index (χ0n) is 9.72. The second-order valence-corrected chi connectivity index (χ2v) is 4.26. The highest BCUT2D eigenvalue weighted by atomic mass is 15.3. The third kappa shape index (κ3) is 2.23. The first-order chi connectivity index (χ1) is 7.70. The molecule has 88 valence electrons. The lowest BCUT2D eigenvalue weighted by Crippen LogP contribution is -2.31. The van der Waals surface area contributed by atoms with Crippen LogP contribution in [0.1, 0.15) is 6.42 Å². The van der Waals surface area contributed by atoms with E-state index in [1.54, 1.807) is 0 Å². The number of anilines is 2. The van der Waals surface area contributed by atoms with Crippen LogP contribution in [0.4, 0.5) is 11.6 Å². The second kappa shape index (κ2) is 4.63. The van der Waals surface area contributed by atoms with E-state index < -0.39 is 0 Å². The predicted octanol–water partition coefficient (Wildman–Crippen LogP) is -0.0975. The maximum Gasteiger partial charge on any atom is 0.145 e. The normalized spacial score (nSPS) is 20.5. The Labute approximate surface area is 95.4 Å². The van der Waals surface area contributed by atoms with Gasteiger partial charge in [0, 0.05) is 25.2 Å². The van der Waals surface area contributed by atoms with E-state index in [2.05, 4.69) is 39.3 Å². The molecular weight excluding hydrogens is 204 g/mol. The van der Waals surface area contributed by atoms with E-state index in [0.717, 1.165) is 18.9 Å². The molecule has 1 unspecified atom stereocenters. The van der Waals surface area contributed by atoms with E-state index in [4.69, 9.17) is 5.84 Å². The van der Waals surface area contributed by atoms with Crippen LogP contribution in [0.5, 0.6) is 0 Å². The van der Waals surface area contributed by atoms with Crippen LogP contribution < -0.4 is 16.2 Å². The van der Waals surface area contributed by atoms with E-state index in [0.29, 0.717) is 11.9 Å². The Morgan fingerprint density at radius 2 is 2.31 bits per heavy atom. The predicted molar refractivity (Wildman–Crippen MR) is 64.1 cm³/mol. The zero-order chi connectivity index (χ0) is 11.5. The Morgan fingerprint density at radius 1 is 1.50 bits per heavy atom. The van der Waals surface area contributed by atoms with Crippen LogP contribution in [0.2, 0.25) is 0 Å². The van der Waals surface area contributed by atoms with Gasteiger partial charge in [-0.15, -0.1) is 0 Å². The van der Waals surface area contributed by atoms with Crippen LogP contribution in [-0.4, -0.2) is 48.1 Å². The van der Waals surface area contributed by atoms with Gasteiger partial charge in [-0.3, -0.25) is 0 Å². The molecule has 3 N–H and O–H groups in total. The number of rotatable bonds is 3. The summed E-state index contributed by atoms with van der Waals surface area (Å²) < 4.78 is 0. The first-order valence-corrected chi connectivity index (χ1v) is 5.40. The third-order valence-corrected chi connectivity index (χ3v) is 3.02. The molecule has 1 aliphatic rings. The number of nitrogens with two attached hydrogens (primary N) is 1. The maximum atomic E-state index is 5.33. The van der Waals surface area contributed by atoms with E-state index in [1.165, 1.54) is 12.7 Å². The molecule has 2 rings (SSSR count). The zero-order valence-corrected chi connectivity index (χ0v) is 9.72. The van der Waals surface area contributed by atoms with Crippen LogP contribution in [0, 0.1) is 0 Å². The van der Waals surface area contributed by atoms with Crippen LogP contribution in [-0.2, 0) is 0 Å². The quantitative estimate of drug-likeness (QED) is 0.550. The van der Waals surface area contributed by atoms with E-state index in [1.807, 2.05) is 6.07 Å². The Kier molecular flexibility index (Phi) is 3.21. The molecule has 1 fully saturated rings. The van der Waals surface area contributed by atoms with Crippen molar-refractivity contribution in [2.75, 3.05) is 37.5 Å². The smallest absolute Gasteiger partial charge is 0.145 e. The highest BCUT2D eigenvalue weighted by molar-refractivity contribution is 5.48. The molecule has 0 amide bonds. The lowest BCUT2D eigenvalue weighted by Gasteiger charge is -2.21. The average Bonchev–Trinajstić information content (AvgIpc) is 2.78. The number of nitrogens with zero attached hydrogens (tertiary/aromatic N) is 4. The molecule has 1 atom stereocenters. The monoisotopic (exact) mass is 222 g/mol. The second-order valence-electron chi connectivity index (χ2n) is 4.26.